The predicted octanol–water partition coefficient (Wildman–Crippen LogP) is 2.36. The van der Waals surface area contributed by atoms with Crippen LogP contribution in [-0.4, -0.2) is 42.3 Å². The van der Waals surface area contributed by atoms with Crippen molar-refractivity contribution in [2.24, 2.45) is 0 Å². The zero-order valence-electron chi connectivity index (χ0n) is 12.7. The van der Waals surface area contributed by atoms with Crippen molar-refractivity contribution >= 4 is 0 Å². The number of ether oxygens (including phenoxy) is 1. The first-order valence-corrected chi connectivity index (χ1v) is 7.51. The Morgan fingerprint density at radius 1 is 1.35 bits per heavy atom. The first kappa shape index (κ1) is 15.1. The molecular formula is C16H26N2O2. The number of methoxy groups -OCH3 is 1. The number of nitrogens with zero attached hydrogens (tertiary/aromatic N) is 1. The van der Waals surface area contributed by atoms with E-state index in [9.17, 15) is 5.11 Å². The number of hydrogen-bond acceptors (Lipinski definition) is 4. The molecule has 2 N–H and O–H groups in total. The van der Waals surface area contributed by atoms with Gasteiger partial charge in [0.05, 0.1) is 7.11 Å². The highest BCUT2D eigenvalue weighted by Gasteiger charge is 2.26. The van der Waals surface area contributed by atoms with Gasteiger partial charge in [-0.3, -0.25) is 4.90 Å². The summed E-state index contributed by atoms with van der Waals surface area (Å²) in [6, 6.07) is 6.66. The van der Waals surface area contributed by atoms with Gasteiger partial charge in [0.15, 0.2) is 0 Å². The van der Waals surface area contributed by atoms with Gasteiger partial charge in [0.1, 0.15) is 11.5 Å². The minimum Gasteiger partial charge on any atom is -0.507 e. The van der Waals surface area contributed by atoms with E-state index in [-0.39, 0.29) is 0 Å². The van der Waals surface area contributed by atoms with Crippen molar-refractivity contribution in [2.75, 3.05) is 20.2 Å². The van der Waals surface area contributed by atoms with Crippen LogP contribution in [0.15, 0.2) is 18.2 Å². The van der Waals surface area contributed by atoms with Crippen LogP contribution in [0.3, 0.4) is 0 Å². The van der Waals surface area contributed by atoms with Gasteiger partial charge in [0, 0.05) is 43.3 Å². The van der Waals surface area contributed by atoms with Crippen LogP contribution in [-0.2, 0) is 6.54 Å². The Bertz CT molecular complexity index is 436. The summed E-state index contributed by atoms with van der Waals surface area (Å²) in [5.41, 5.74) is 0.973. The van der Waals surface area contributed by atoms with Crippen LogP contribution in [0.25, 0.3) is 0 Å². The van der Waals surface area contributed by atoms with E-state index in [2.05, 4.69) is 24.1 Å². The van der Waals surface area contributed by atoms with Gasteiger partial charge in [-0.15, -0.1) is 0 Å². The first-order valence-electron chi connectivity index (χ1n) is 7.51. The van der Waals surface area contributed by atoms with Crippen LogP contribution >= 0.6 is 0 Å². The Morgan fingerprint density at radius 3 is 2.75 bits per heavy atom. The third-order valence-corrected chi connectivity index (χ3v) is 4.24. The molecule has 0 radical (unpaired) electrons. The molecule has 1 aliphatic heterocycles. The van der Waals surface area contributed by atoms with Crippen LogP contribution in [0.5, 0.6) is 11.5 Å². The smallest absolute Gasteiger partial charge is 0.123 e. The lowest BCUT2D eigenvalue weighted by Crippen LogP contribution is -2.55. The monoisotopic (exact) mass is 278 g/mol. The van der Waals surface area contributed by atoms with E-state index in [0.29, 0.717) is 23.6 Å². The molecule has 2 rings (SSSR count). The van der Waals surface area contributed by atoms with E-state index in [1.165, 1.54) is 0 Å². The molecule has 1 aromatic rings. The fraction of sp³-hybridized carbons (Fsp3) is 0.625. The molecule has 1 saturated heterocycles. The number of rotatable bonds is 5. The summed E-state index contributed by atoms with van der Waals surface area (Å²) >= 11 is 0. The summed E-state index contributed by atoms with van der Waals surface area (Å²) in [6.07, 6.45) is 2.27. The highest BCUT2D eigenvalue weighted by Crippen LogP contribution is 2.26. The lowest BCUT2D eigenvalue weighted by atomic mass is 10.0. The summed E-state index contributed by atoms with van der Waals surface area (Å²) in [5, 5.41) is 13.7. The molecule has 0 aromatic heterocycles. The van der Waals surface area contributed by atoms with Gasteiger partial charge in [-0.05, 0) is 18.9 Å². The molecule has 1 fully saturated rings. The van der Waals surface area contributed by atoms with Crippen molar-refractivity contribution in [3.05, 3.63) is 23.8 Å². The van der Waals surface area contributed by atoms with E-state index in [0.717, 1.165) is 38.0 Å². The van der Waals surface area contributed by atoms with Gasteiger partial charge in [-0.2, -0.15) is 0 Å². The van der Waals surface area contributed by atoms with Crippen LogP contribution in [0.1, 0.15) is 32.3 Å². The highest BCUT2D eigenvalue weighted by atomic mass is 16.5. The lowest BCUT2D eigenvalue weighted by molar-refractivity contribution is 0.116. The third-order valence-electron chi connectivity index (χ3n) is 4.24. The molecule has 2 unspecified atom stereocenters. The highest BCUT2D eigenvalue weighted by molar-refractivity contribution is 5.39. The number of nitrogens with one attached hydrogen (secondary N) is 1. The average molecular weight is 278 g/mol. The van der Waals surface area contributed by atoms with Crippen LogP contribution < -0.4 is 10.1 Å². The summed E-state index contributed by atoms with van der Waals surface area (Å²) in [6.45, 7) is 7.31. The number of aromatic hydroxyl groups is 1. The number of hydrogen-bond donors (Lipinski definition) is 2. The second-order valence-corrected chi connectivity index (χ2v) is 5.50. The SMILES string of the molecule is CCC1CN(Cc2ccc(OC)cc2O)C(CC)CN1. The largest absolute Gasteiger partial charge is 0.507 e. The van der Waals surface area contributed by atoms with Crippen molar-refractivity contribution < 1.29 is 9.84 Å². The molecule has 0 bridgehead atoms. The molecular weight excluding hydrogens is 252 g/mol. The number of benzene rings is 1. The molecule has 1 heterocycles. The van der Waals surface area contributed by atoms with Crippen molar-refractivity contribution in [1.82, 2.24) is 10.2 Å². The lowest BCUT2D eigenvalue weighted by Gasteiger charge is -2.40. The van der Waals surface area contributed by atoms with Crippen molar-refractivity contribution in [3.63, 3.8) is 0 Å². The quantitative estimate of drug-likeness (QED) is 0.868. The second-order valence-electron chi connectivity index (χ2n) is 5.50. The summed E-state index contributed by atoms with van der Waals surface area (Å²) in [5.74, 6) is 1.02. The maximum atomic E-state index is 10.1. The maximum Gasteiger partial charge on any atom is 0.123 e. The summed E-state index contributed by atoms with van der Waals surface area (Å²) in [4.78, 5) is 2.48. The first-order chi connectivity index (χ1) is 9.67. The Balaban J connectivity index is 2.09. The Morgan fingerprint density at radius 2 is 2.15 bits per heavy atom. The zero-order chi connectivity index (χ0) is 14.5. The molecule has 1 aromatic carbocycles. The number of phenols is 1. The van der Waals surface area contributed by atoms with Gasteiger partial charge >= 0.3 is 0 Å². The number of piperazine rings is 1. The molecule has 1 aliphatic rings. The summed E-state index contributed by atoms with van der Waals surface area (Å²) in [7, 11) is 1.61. The van der Waals surface area contributed by atoms with Crippen molar-refractivity contribution in [1.29, 1.82) is 0 Å². The molecule has 112 valence electrons. The number of phenolic OH excluding ortho intramolecular Hbond substituents is 1. The third kappa shape index (κ3) is 3.44. The Labute approximate surface area is 121 Å². The van der Waals surface area contributed by atoms with E-state index in [4.69, 9.17) is 4.74 Å². The predicted molar refractivity (Wildman–Crippen MR) is 81.2 cm³/mol. The van der Waals surface area contributed by atoms with Gasteiger partial charge in [-0.1, -0.05) is 19.9 Å². The molecule has 2 atom stereocenters. The molecule has 0 spiro atoms. The standard InChI is InChI=1S/C16H26N2O2/c1-4-13-11-18(14(5-2)9-17-13)10-12-6-7-15(20-3)8-16(12)19/h6-8,13-14,17,19H,4-5,9-11H2,1-3H3. The van der Waals surface area contributed by atoms with Crippen molar-refractivity contribution in [3.8, 4) is 11.5 Å². The minimum atomic E-state index is 0.325. The fourth-order valence-corrected chi connectivity index (χ4v) is 2.82. The minimum absolute atomic E-state index is 0.325. The van der Waals surface area contributed by atoms with Crippen LogP contribution in [0, 0.1) is 0 Å². The zero-order valence-corrected chi connectivity index (χ0v) is 12.7. The topological polar surface area (TPSA) is 44.7 Å². The van der Waals surface area contributed by atoms with E-state index >= 15 is 0 Å². The second kappa shape index (κ2) is 6.95. The van der Waals surface area contributed by atoms with Crippen LogP contribution in [0.4, 0.5) is 0 Å². The van der Waals surface area contributed by atoms with Crippen LogP contribution in [0.2, 0.25) is 0 Å². The van der Waals surface area contributed by atoms with Gasteiger partial charge in [-0.25, -0.2) is 0 Å². The van der Waals surface area contributed by atoms with E-state index in [1.54, 1.807) is 13.2 Å². The summed E-state index contributed by atoms with van der Waals surface area (Å²) < 4.78 is 5.13. The molecule has 0 saturated carbocycles. The molecule has 4 heteroatoms. The average Bonchev–Trinajstić information content (AvgIpc) is 2.49. The van der Waals surface area contributed by atoms with Gasteiger partial charge < -0.3 is 15.2 Å². The van der Waals surface area contributed by atoms with E-state index in [1.807, 2.05) is 12.1 Å². The fourth-order valence-electron chi connectivity index (χ4n) is 2.82. The maximum absolute atomic E-state index is 10.1. The van der Waals surface area contributed by atoms with Gasteiger partial charge in [0.25, 0.3) is 0 Å². The van der Waals surface area contributed by atoms with Crippen molar-refractivity contribution in [2.45, 2.75) is 45.3 Å². The van der Waals surface area contributed by atoms with Gasteiger partial charge in [0.2, 0.25) is 0 Å². The Hall–Kier alpha value is -1.26. The van der Waals surface area contributed by atoms with E-state index < -0.39 is 0 Å². The Kier molecular flexibility index (Phi) is 5.26. The normalized spacial score (nSPS) is 23.8. The molecule has 0 aliphatic carbocycles. The molecule has 20 heavy (non-hydrogen) atoms. The molecule has 4 nitrogen and oxygen atoms in total. The molecule has 0 amide bonds.